The number of sulfonamides is 1. The fourth-order valence-corrected chi connectivity index (χ4v) is 5.44. The molecule has 0 unspecified atom stereocenters. The summed E-state index contributed by atoms with van der Waals surface area (Å²) < 4.78 is 30.6. The first-order chi connectivity index (χ1) is 16.9. The number of aryl methyl sites for hydroxylation is 2. The number of carbonyl (C=O) groups excluding carboxylic acids is 1. The highest BCUT2D eigenvalue weighted by atomic mass is 32.2. The van der Waals surface area contributed by atoms with Crippen molar-refractivity contribution in [3.63, 3.8) is 0 Å². The van der Waals surface area contributed by atoms with Crippen LogP contribution in [-0.2, 0) is 16.6 Å². The van der Waals surface area contributed by atoms with Crippen molar-refractivity contribution in [2.75, 3.05) is 10.0 Å². The maximum Gasteiger partial charge on any atom is 0.261 e. The van der Waals surface area contributed by atoms with Gasteiger partial charge >= 0.3 is 0 Å². The van der Waals surface area contributed by atoms with Gasteiger partial charge in [-0.15, -0.1) is 0 Å². The van der Waals surface area contributed by atoms with Gasteiger partial charge in [0.05, 0.1) is 16.1 Å². The van der Waals surface area contributed by atoms with E-state index >= 15 is 0 Å². The minimum Gasteiger partial charge on any atom is -0.341 e. The third-order valence-corrected chi connectivity index (χ3v) is 7.48. The van der Waals surface area contributed by atoms with Gasteiger partial charge in [-0.25, -0.2) is 8.42 Å². The Kier molecular flexibility index (Phi) is 5.78. The highest BCUT2D eigenvalue weighted by Gasteiger charge is 2.19. The van der Waals surface area contributed by atoms with Crippen molar-refractivity contribution in [2.24, 2.45) is 0 Å². The summed E-state index contributed by atoms with van der Waals surface area (Å²) in [6.45, 7) is 4.83. The Hall–Kier alpha value is -4.10. The maximum atomic E-state index is 13.2. The fraction of sp³-hybridized carbons (Fsp3) is 0.107. The minimum atomic E-state index is -3.85. The predicted octanol–water partition coefficient (Wildman–Crippen LogP) is 6.18. The van der Waals surface area contributed by atoms with Crippen LogP contribution in [-0.4, -0.2) is 18.9 Å². The van der Waals surface area contributed by atoms with Crippen molar-refractivity contribution in [3.05, 3.63) is 102 Å². The highest BCUT2D eigenvalue weighted by Crippen LogP contribution is 2.31. The molecule has 176 valence electrons. The third kappa shape index (κ3) is 4.26. The van der Waals surface area contributed by atoms with Crippen LogP contribution in [0.1, 0.15) is 22.8 Å². The lowest BCUT2D eigenvalue weighted by Gasteiger charge is -2.13. The van der Waals surface area contributed by atoms with E-state index in [1.807, 2.05) is 37.3 Å². The van der Waals surface area contributed by atoms with Gasteiger partial charge in [-0.05, 0) is 62.4 Å². The summed E-state index contributed by atoms with van der Waals surface area (Å²) in [4.78, 5) is 13.3. The molecule has 6 nitrogen and oxygen atoms in total. The van der Waals surface area contributed by atoms with Crippen molar-refractivity contribution in [1.82, 2.24) is 4.57 Å². The average Bonchev–Trinajstić information content (AvgIpc) is 3.17. The van der Waals surface area contributed by atoms with E-state index in [9.17, 15) is 13.2 Å². The molecule has 1 amide bonds. The predicted molar refractivity (Wildman–Crippen MR) is 142 cm³/mol. The van der Waals surface area contributed by atoms with Crippen LogP contribution >= 0.6 is 0 Å². The molecule has 35 heavy (non-hydrogen) atoms. The zero-order valence-electron chi connectivity index (χ0n) is 19.4. The summed E-state index contributed by atoms with van der Waals surface area (Å²) in [6, 6.07) is 27.1. The average molecular weight is 484 g/mol. The molecule has 0 bridgehead atoms. The van der Waals surface area contributed by atoms with Crippen molar-refractivity contribution in [1.29, 1.82) is 0 Å². The molecule has 2 N–H and O–H groups in total. The molecular weight excluding hydrogens is 458 g/mol. The van der Waals surface area contributed by atoms with Gasteiger partial charge in [-0.1, -0.05) is 48.0 Å². The first-order valence-corrected chi connectivity index (χ1v) is 12.9. The Labute approximate surface area is 204 Å². The van der Waals surface area contributed by atoms with Crippen LogP contribution in [0.25, 0.3) is 21.8 Å². The van der Waals surface area contributed by atoms with E-state index in [2.05, 4.69) is 33.7 Å². The van der Waals surface area contributed by atoms with Gasteiger partial charge in [-0.2, -0.15) is 0 Å². The number of nitrogens with one attached hydrogen (secondary N) is 2. The molecule has 0 fully saturated rings. The van der Waals surface area contributed by atoms with Crippen LogP contribution < -0.4 is 10.0 Å². The second-order valence-corrected chi connectivity index (χ2v) is 10.1. The molecule has 0 aliphatic carbocycles. The number of hydrogen-bond acceptors (Lipinski definition) is 3. The molecule has 0 saturated heterocycles. The number of anilines is 2. The first kappa shape index (κ1) is 22.7. The van der Waals surface area contributed by atoms with Crippen LogP contribution in [0.2, 0.25) is 0 Å². The van der Waals surface area contributed by atoms with E-state index in [1.165, 1.54) is 0 Å². The summed E-state index contributed by atoms with van der Waals surface area (Å²) >= 11 is 0. The van der Waals surface area contributed by atoms with E-state index in [0.29, 0.717) is 5.69 Å². The van der Waals surface area contributed by atoms with Gasteiger partial charge in [0.1, 0.15) is 0 Å². The lowest BCUT2D eigenvalue weighted by molar-refractivity contribution is 0.102. The Morgan fingerprint density at radius 3 is 2.29 bits per heavy atom. The molecule has 1 aromatic heterocycles. The van der Waals surface area contributed by atoms with E-state index in [0.717, 1.165) is 33.9 Å². The maximum absolute atomic E-state index is 13.2. The smallest absolute Gasteiger partial charge is 0.261 e. The number of aromatic nitrogens is 1. The quantitative estimate of drug-likeness (QED) is 0.303. The Morgan fingerprint density at radius 2 is 1.51 bits per heavy atom. The summed E-state index contributed by atoms with van der Waals surface area (Å²) in [5.41, 5.74) is 4.29. The molecule has 1 heterocycles. The lowest BCUT2D eigenvalue weighted by Crippen LogP contribution is -2.18. The molecule has 0 spiro atoms. The lowest BCUT2D eigenvalue weighted by atomic mass is 10.1. The Balaban J connectivity index is 1.46. The zero-order valence-corrected chi connectivity index (χ0v) is 20.3. The minimum absolute atomic E-state index is 0.135. The highest BCUT2D eigenvalue weighted by molar-refractivity contribution is 7.92. The molecule has 5 rings (SSSR count). The van der Waals surface area contributed by atoms with Crippen LogP contribution in [0.4, 0.5) is 11.4 Å². The third-order valence-electron chi connectivity index (χ3n) is 6.09. The number of carbonyl (C=O) groups is 1. The van der Waals surface area contributed by atoms with Crippen LogP contribution in [0.15, 0.2) is 95.9 Å². The van der Waals surface area contributed by atoms with Crippen molar-refractivity contribution in [3.8, 4) is 0 Å². The van der Waals surface area contributed by atoms with Gasteiger partial charge in [0.2, 0.25) is 0 Å². The molecule has 0 atom stereocenters. The van der Waals surface area contributed by atoms with Crippen molar-refractivity contribution >= 4 is 49.1 Å². The molecule has 4 aromatic carbocycles. The van der Waals surface area contributed by atoms with Gasteiger partial charge in [0.25, 0.3) is 15.9 Å². The molecule has 5 aromatic rings. The number of para-hydroxylation sites is 2. The van der Waals surface area contributed by atoms with Gasteiger partial charge in [0, 0.05) is 34.0 Å². The Bertz CT molecular complexity index is 1670. The molecule has 0 aliphatic heterocycles. The summed E-state index contributed by atoms with van der Waals surface area (Å²) in [6.07, 6.45) is 0. The van der Waals surface area contributed by atoms with E-state index < -0.39 is 15.9 Å². The normalized spacial score (nSPS) is 11.6. The Morgan fingerprint density at radius 1 is 0.829 bits per heavy atom. The first-order valence-electron chi connectivity index (χ1n) is 11.4. The summed E-state index contributed by atoms with van der Waals surface area (Å²) in [5.74, 6) is -0.397. The molecule has 0 aliphatic rings. The number of nitrogens with zero attached hydrogens (tertiary/aromatic N) is 1. The number of amides is 1. The van der Waals surface area contributed by atoms with Crippen molar-refractivity contribution < 1.29 is 13.2 Å². The van der Waals surface area contributed by atoms with Crippen LogP contribution in [0, 0.1) is 6.92 Å². The number of benzene rings is 4. The van der Waals surface area contributed by atoms with Crippen LogP contribution in [0.3, 0.4) is 0 Å². The van der Waals surface area contributed by atoms with Gasteiger partial charge in [-0.3, -0.25) is 9.52 Å². The number of hydrogen-bond donors (Lipinski definition) is 2. The van der Waals surface area contributed by atoms with Crippen LogP contribution in [0.5, 0.6) is 0 Å². The summed E-state index contributed by atoms with van der Waals surface area (Å²) in [5, 5.41) is 5.10. The summed E-state index contributed by atoms with van der Waals surface area (Å²) in [7, 11) is -3.85. The monoisotopic (exact) mass is 483 g/mol. The van der Waals surface area contributed by atoms with E-state index in [-0.39, 0.29) is 16.1 Å². The van der Waals surface area contributed by atoms with E-state index in [4.69, 9.17) is 0 Å². The van der Waals surface area contributed by atoms with E-state index in [1.54, 1.807) is 48.5 Å². The second kappa shape index (κ2) is 8.92. The molecular formula is C28H25N3O3S. The molecule has 7 heteroatoms. The number of fused-ring (bicyclic) bond motifs is 3. The zero-order chi connectivity index (χ0) is 24.6. The van der Waals surface area contributed by atoms with Crippen molar-refractivity contribution in [2.45, 2.75) is 25.3 Å². The topological polar surface area (TPSA) is 80.2 Å². The fourth-order valence-electron chi connectivity index (χ4n) is 4.36. The number of rotatable bonds is 6. The molecule has 0 radical (unpaired) electrons. The standard InChI is InChI=1S/C28H25N3O3S/c1-3-31-26-11-7-5-8-22(26)24-18-20(14-17-27(24)31)29-28(32)23-9-4-6-10-25(23)30-35(33,34)21-15-12-19(2)13-16-21/h4-18,30H,3H2,1-2H3,(H,29,32). The van der Waals surface area contributed by atoms with Gasteiger partial charge in [0.15, 0.2) is 0 Å². The SMILES string of the molecule is CCn1c2ccccc2c2cc(NC(=O)c3ccccc3NS(=O)(=O)c3ccc(C)cc3)ccc21. The van der Waals surface area contributed by atoms with Gasteiger partial charge < -0.3 is 9.88 Å². The largest absolute Gasteiger partial charge is 0.341 e. The second-order valence-electron chi connectivity index (χ2n) is 8.41. The molecule has 0 saturated carbocycles.